The highest BCUT2D eigenvalue weighted by molar-refractivity contribution is 7.89. The fourth-order valence-electron chi connectivity index (χ4n) is 6.27. The lowest BCUT2D eigenvalue weighted by Gasteiger charge is -2.34. The van der Waals surface area contributed by atoms with Gasteiger partial charge >= 0.3 is 6.18 Å². The first-order valence-electron chi connectivity index (χ1n) is 15.4. The van der Waals surface area contributed by atoms with E-state index in [2.05, 4.69) is 23.3 Å². The zero-order chi connectivity index (χ0) is 32.6. The summed E-state index contributed by atoms with van der Waals surface area (Å²) in [6, 6.07) is 9.08. The number of hydrogen-bond donors (Lipinski definition) is 3. The summed E-state index contributed by atoms with van der Waals surface area (Å²) in [5.74, 6) is -0.570. The smallest absolute Gasteiger partial charge is 0.416 e. The normalized spacial score (nSPS) is 29.7. The first kappa shape index (κ1) is 33.4. The highest BCUT2D eigenvalue weighted by atomic mass is 32.2. The van der Waals surface area contributed by atoms with Crippen LogP contribution >= 0.6 is 0 Å². The Hall–Kier alpha value is -3.00. The molecule has 3 unspecified atom stereocenters. The Labute approximate surface area is 261 Å². The lowest BCUT2D eigenvalue weighted by molar-refractivity contribution is -0.137. The molecule has 7 bridgehead atoms. The molecule has 7 rings (SSSR count). The van der Waals surface area contributed by atoms with Gasteiger partial charge in [0.25, 0.3) is 5.91 Å². The molecule has 1 spiro atoms. The van der Waals surface area contributed by atoms with Gasteiger partial charge in [0.1, 0.15) is 17.1 Å². The second kappa shape index (κ2) is 13.0. The molecule has 2 aromatic rings. The Morgan fingerprint density at radius 2 is 1.76 bits per heavy atom. The van der Waals surface area contributed by atoms with Crippen LogP contribution in [-0.4, -0.2) is 77.9 Å². The molecule has 0 aromatic heterocycles. The number of amidine groups is 1. The fraction of sp³-hybridized carbons (Fsp3) is 0.562. The first-order chi connectivity index (χ1) is 21.2. The number of aliphatic hydroxyl groups excluding tert-OH is 2. The average Bonchev–Trinajstić information content (AvgIpc) is 3.30. The van der Waals surface area contributed by atoms with E-state index in [1.165, 1.54) is 10.4 Å². The van der Waals surface area contributed by atoms with Crippen molar-refractivity contribution in [2.45, 2.75) is 88.6 Å². The molecule has 1 amide bonds. The molecule has 13 heteroatoms. The molecule has 246 valence electrons. The number of carbonyl (C=O) groups is 1. The van der Waals surface area contributed by atoms with E-state index in [1.807, 2.05) is 19.1 Å². The molecule has 5 heterocycles. The number of aliphatic imine (C=N–C) groups is 1. The van der Waals surface area contributed by atoms with Crippen LogP contribution in [0.15, 0.2) is 41.4 Å². The van der Waals surface area contributed by atoms with Crippen molar-refractivity contribution < 1.29 is 41.3 Å². The van der Waals surface area contributed by atoms with E-state index in [4.69, 9.17) is 4.74 Å². The van der Waals surface area contributed by atoms with Crippen LogP contribution in [0.5, 0.6) is 5.75 Å². The van der Waals surface area contributed by atoms with Gasteiger partial charge in [0.15, 0.2) is 0 Å². The van der Waals surface area contributed by atoms with Crippen molar-refractivity contribution in [1.29, 1.82) is 0 Å². The Morgan fingerprint density at radius 3 is 2.44 bits per heavy atom. The van der Waals surface area contributed by atoms with Gasteiger partial charge in [-0.25, -0.2) is 12.7 Å². The zero-order valence-electron chi connectivity index (χ0n) is 25.4. The summed E-state index contributed by atoms with van der Waals surface area (Å²) in [5, 5.41) is 23.6. The summed E-state index contributed by atoms with van der Waals surface area (Å²) >= 11 is 0. The molecule has 2 aromatic carbocycles. The summed E-state index contributed by atoms with van der Waals surface area (Å²) in [5.41, 5.74) is 0.747. The van der Waals surface area contributed by atoms with Crippen molar-refractivity contribution in [2.75, 3.05) is 25.4 Å². The molecular weight excluding hydrogens is 611 g/mol. The predicted octanol–water partition coefficient (Wildman–Crippen LogP) is 4.08. The molecule has 0 radical (unpaired) electrons. The predicted molar refractivity (Wildman–Crippen MR) is 163 cm³/mol. The minimum Gasteiger partial charge on any atom is -0.493 e. The standard InChI is InChI=1S/C32H40F3N3O6S/c1-20-4-3-5-27(39)28(40)8-14-44-26-18-24(17-25(19-26)32(33,34)35)29-36-30(41)31(37-29)10-12-38(13-11-31)45(42,43)15-9-22-6-7-23(20)16-21(22)2/h6-7,16-20,27-28,39-40H,3-5,8-15H2,1-2H3,(H,36,37,41). The number of fused-ring (bicyclic) bond motifs is 2. The van der Waals surface area contributed by atoms with Gasteiger partial charge in [-0.15, -0.1) is 0 Å². The number of piperidine rings is 1. The molecule has 3 N–H and O–H groups in total. The molecule has 9 nitrogen and oxygen atoms in total. The van der Waals surface area contributed by atoms with Crippen LogP contribution in [-0.2, 0) is 27.4 Å². The third-order valence-electron chi connectivity index (χ3n) is 9.26. The molecule has 5 aliphatic rings. The number of aryl methyl sites for hydroxylation is 2. The second-order valence-electron chi connectivity index (χ2n) is 12.4. The summed E-state index contributed by atoms with van der Waals surface area (Å²) in [6.45, 7) is 4.01. The molecule has 45 heavy (non-hydrogen) atoms. The van der Waals surface area contributed by atoms with Crippen LogP contribution in [0.3, 0.4) is 0 Å². The van der Waals surface area contributed by atoms with Crippen LogP contribution in [0.2, 0.25) is 0 Å². The number of alkyl halides is 3. The number of amides is 1. The van der Waals surface area contributed by atoms with Gasteiger partial charge in [0.05, 0.1) is 30.1 Å². The summed E-state index contributed by atoms with van der Waals surface area (Å²) < 4.78 is 74.9. The SMILES string of the molecule is Cc1cc2ccc1CCS(=O)(=O)N1CCC3(CC1)N=C(NC3=O)c1cc(cc(C(F)(F)F)c1)OCCC(O)C(O)CCCC2C. The number of hydrogen-bond acceptors (Lipinski definition) is 7. The summed E-state index contributed by atoms with van der Waals surface area (Å²) in [4.78, 5) is 17.7. The Bertz CT molecular complexity index is 1550. The van der Waals surface area contributed by atoms with Crippen molar-refractivity contribution in [1.82, 2.24) is 9.62 Å². The highest BCUT2D eigenvalue weighted by Crippen LogP contribution is 2.36. The van der Waals surface area contributed by atoms with E-state index in [0.29, 0.717) is 19.3 Å². The second-order valence-corrected chi connectivity index (χ2v) is 14.5. The van der Waals surface area contributed by atoms with Gasteiger partial charge in [-0.2, -0.15) is 13.2 Å². The number of nitrogens with zero attached hydrogens (tertiary/aromatic N) is 2. The minimum absolute atomic E-state index is 0.00145. The van der Waals surface area contributed by atoms with E-state index in [-0.39, 0.29) is 67.8 Å². The van der Waals surface area contributed by atoms with Crippen molar-refractivity contribution in [2.24, 2.45) is 4.99 Å². The van der Waals surface area contributed by atoms with Gasteiger partial charge in [-0.3, -0.25) is 9.79 Å². The quantitative estimate of drug-likeness (QED) is 0.394. The highest BCUT2D eigenvalue weighted by Gasteiger charge is 2.47. The maximum Gasteiger partial charge on any atom is 0.416 e. The number of carbonyl (C=O) groups excluding carboxylic acids is 1. The Kier molecular flexibility index (Phi) is 9.65. The lowest BCUT2D eigenvalue weighted by Crippen LogP contribution is -2.50. The Morgan fingerprint density at radius 1 is 1.04 bits per heavy atom. The van der Waals surface area contributed by atoms with Gasteiger partial charge in [0, 0.05) is 25.1 Å². The molecule has 0 aliphatic carbocycles. The molecule has 0 saturated carbocycles. The van der Waals surface area contributed by atoms with Gasteiger partial charge < -0.3 is 20.3 Å². The maximum atomic E-state index is 13.8. The van der Waals surface area contributed by atoms with Crippen molar-refractivity contribution in [3.63, 3.8) is 0 Å². The van der Waals surface area contributed by atoms with E-state index >= 15 is 0 Å². The molecule has 1 fully saturated rings. The van der Waals surface area contributed by atoms with Crippen molar-refractivity contribution in [3.05, 3.63) is 64.2 Å². The fourth-order valence-corrected chi connectivity index (χ4v) is 7.74. The third kappa shape index (κ3) is 7.53. The largest absolute Gasteiger partial charge is 0.493 e. The number of aliphatic hydroxyl groups is 2. The monoisotopic (exact) mass is 651 g/mol. The van der Waals surface area contributed by atoms with E-state index in [9.17, 15) is 36.6 Å². The number of nitrogens with one attached hydrogen (secondary N) is 1. The number of ether oxygens (including phenoxy) is 1. The third-order valence-corrected chi connectivity index (χ3v) is 11.1. The van der Waals surface area contributed by atoms with Crippen LogP contribution in [0, 0.1) is 6.92 Å². The molecular formula is C32H40F3N3O6S. The topological polar surface area (TPSA) is 129 Å². The number of halogens is 3. The average molecular weight is 652 g/mol. The molecule has 3 atom stereocenters. The lowest BCUT2D eigenvalue weighted by atomic mass is 9.89. The first-order valence-corrected chi connectivity index (χ1v) is 17.0. The molecule has 5 aliphatic heterocycles. The van der Waals surface area contributed by atoms with Gasteiger partial charge in [0.2, 0.25) is 10.0 Å². The number of rotatable bonds is 0. The van der Waals surface area contributed by atoms with Gasteiger partial charge in [-0.05, 0) is 79.8 Å². The summed E-state index contributed by atoms with van der Waals surface area (Å²) in [7, 11) is -3.64. The van der Waals surface area contributed by atoms with Crippen LogP contribution < -0.4 is 10.1 Å². The zero-order valence-corrected chi connectivity index (χ0v) is 26.3. The van der Waals surface area contributed by atoms with E-state index in [1.54, 1.807) is 0 Å². The van der Waals surface area contributed by atoms with Gasteiger partial charge in [-0.1, -0.05) is 31.5 Å². The molecule has 1 saturated heterocycles. The number of benzene rings is 2. The maximum absolute atomic E-state index is 13.8. The van der Waals surface area contributed by atoms with Crippen LogP contribution in [0.4, 0.5) is 13.2 Å². The van der Waals surface area contributed by atoms with Crippen LogP contribution in [0.25, 0.3) is 0 Å². The minimum atomic E-state index is -4.71. The van der Waals surface area contributed by atoms with Crippen molar-refractivity contribution >= 4 is 21.8 Å². The summed E-state index contributed by atoms with van der Waals surface area (Å²) in [6.07, 6.45) is -4.59. The van der Waals surface area contributed by atoms with E-state index in [0.717, 1.165) is 35.2 Å². The number of sulfonamides is 1. The van der Waals surface area contributed by atoms with Crippen molar-refractivity contribution in [3.8, 4) is 5.75 Å². The van der Waals surface area contributed by atoms with Crippen LogP contribution in [0.1, 0.15) is 79.2 Å². The Balaban J connectivity index is 1.43. The van der Waals surface area contributed by atoms with E-state index < -0.39 is 45.4 Å².